The van der Waals surface area contributed by atoms with Gasteiger partial charge in [0.1, 0.15) is 17.7 Å². The van der Waals surface area contributed by atoms with Crippen LogP contribution in [0.3, 0.4) is 0 Å². The van der Waals surface area contributed by atoms with Gasteiger partial charge in [0.15, 0.2) is 0 Å². The van der Waals surface area contributed by atoms with Gasteiger partial charge in [-0.2, -0.15) is 0 Å². The van der Waals surface area contributed by atoms with Crippen LogP contribution in [0.2, 0.25) is 0 Å². The fourth-order valence-electron chi connectivity index (χ4n) is 3.85. The average molecular weight is 387 g/mol. The number of fused-ring (bicyclic) bond motifs is 4. The lowest BCUT2D eigenvalue weighted by atomic mass is 9.88. The smallest absolute Gasteiger partial charge is 0.408 e. The maximum absolute atomic E-state index is 13.1. The van der Waals surface area contributed by atoms with Crippen molar-refractivity contribution in [2.45, 2.75) is 64.1 Å². The Morgan fingerprint density at radius 2 is 1.89 bits per heavy atom. The highest BCUT2D eigenvalue weighted by molar-refractivity contribution is 5.92. The zero-order valence-electron chi connectivity index (χ0n) is 17.0. The number of piperidine rings is 1. The van der Waals surface area contributed by atoms with Gasteiger partial charge in [0, 0.05) is 19.0 Å². The van der Waals surface area contributed by atoms with Crippen LogP contribution < -0.4 is 10.6 Å². The van der Waals surface area contributed by atoms with Gasteiger partial charge in [0.2, 0.25) is 11.8 Å². The third-order valence-electron chi connectivity index (χ3n) is 5.14. The minimum absolute atomic E-state index is 0.0903. The maximum atomic E-state index is 13.1. The summed E-state index contributed by atoms with van der Waals surface area (Å²) in [7, 11) is 0. The lowest BCUT2D eigenvalue weighted by molar-refractivity contribution is -0.137. The largest absolute Gasteiger partial charge is 0.444 e. The van der Waals surface area contributed by atoms with E-state index < -0.39 is 29.7 Å². The molecule has 0 radical (unpaired) electrons. The van der Waals surface area contributed by atoms with Crippen molar-refractivity contribution < 1.29 is 19.1 Å². The van der Waals surface area contributed by atoms with Crippen LogP contribution in [0.5, 0.6) is 0 Å². The number of hydrogen-bond donors (Lipinski definition) is 2. The summed E-state index contributed by atoms with van der Waals surface area (Å²) in [5.41, 5.74) is 1.32. The van der Waals surface area contributed by atoms with Crippen LogP contribution in [-0.4, -0.2) is 47.5 Å². The van der Waals surface area contributed by atoms with Gasteiger partial charge in [-0.25, -0.2) is 4.79 Å². The molecule has 0 spiro atoms. The Balaban J connectivity index is 1.76. The summed E-state index contributed by atoms with van der Waals surface area (Å²) in [6.07, 6.45) is 1.34. The molecule has 152 valence electrons. The molecule has 7 heteroatoms. The molecule has 7 nitrogen and oxygen atoms in total. The fraction of sp³-hybridized carbons (Fsp3) is 0.571. The van der Waals surface area contributed by atoms with Gasteiger partial charge < -0.3 is 20.3 Å². The van der Waals surface area contributed by atoms with Crippen molar-refractivity contribution in [1.82, 2.24) is 15.5 Å². The molecule has 2 N–H and O–H groups in total. The molecule has 28 heavy (non-hydrogen) atoms. The van der Waals surface area contributed by atoms with Crippen LogP contribution in [0.25, 0.3) is 0 Å². The molecule has 1 fully saturated rings. The number of ether oxygens (including phenoxy) is 1. The van der Waals surface area contributed by atoms with E-state index in [9.17, 15) is 14.4 Å². The SMILES string of the molecule is C[C@H](NC(=O)OC(C)(C)C)C(=O)NC1C(=O)N2CCCC(C2)c2ccccc21. The van der Waals surface area contributed by atoms with Gasteiger partial charge in [-0.1, -0.05) is 24.3 Å². The van der Waals surface area contributed by atoms with Gasteiger partial charge >= 0.3 is 6.09 Å². The van der Waals surface area contributed by atoms with E-state index in [0.717, 1.165) is 24.0 Å². The predicted octanol–water partition coefficient (Wildman–Crippen LogP) is 2.48. The molecule has 0 saturated carbocycles. The second-order valence-corrected chi connectivity index (χ2v) is 8.56. The van der Waals surface area contributed by atoms with Crippen LogP contribution in [-0.2, 0) is 14.3 Å². The Bertz CT molecular complexity index is 771. The van der Waals surface area contributed by atoms with E-state index in [1.165, 1.54) is 0 Å². The molecule has 3 amide bonds. The minimum atomic E-state index is -0.826. The Kier molecular flexibility index (Phi) is 5.63. The highest BCUT2D eigenvalue weighted by Gasteiger charge is 2.38. The van der Waals surface area contributed by atoms with Crippen LogP contribution in [0.15, 0.2) is 24.3 Å². The van der Waals surface area contributed by atoms with E-state index in [4.69, 9.17) is 4.74 Å². The quantitative estimate of drug-likeness (QED) is 0.834. The predicted molar refractivity (Wildman–Crippen MR) is 105 cm³/mol. The van der Waals surface area contributed by atoms with E-state index in [1.54, 1.807) is 27.7 Å². The molecule has 2 unspecified atom stereocenters. The van der Waals surface area contributed by atoms with Crippen LogP contribution in [0.4, 0.5) is 4.79 Å². The topological polar surface area (TPSA) is 87.7 Å². The number of amides is 3. The number of alkyl carbamates (subject to hydrolysis) is 1. The van der Waals surface area contributed by atoms with Crippen LogP contribution in [0, 0.1) is 0 Å². The van der Waals surface area contributed by atoms with E-state index in [1.807, 2.05) is 29.2 Å². The lowest BCUT2D eigenvalue weighted by Gasteiger charge is -2.31. The molecule has 2 aliphatic rings. The molecule has 2 bridgehead atoms. The zero-order chi connectivity index (χ0) is 20.5. The lowest BCUT2D eigenvalue weighted by Crippen LogP contribution is -2.50. The number of hydrogen-bond acceptors (Lipinski definition) is 4. The van der Waals surface area contributed by atoms with Crippen molar-refractivity contribution in [3.8, 4) is 0 Å². The van der Waals surface area contributed by atoms with Crippen molar-refractivity contribution in [1.29, 1.82) is 0 Å². The molecular weight excluding hydrogens is 358 g/mol. The van der Waals surface area contributed by atoms with Gasteiger partial charge in [0.25, 0.3) is 0 Å². The van der Waals surface area contributed by atoms with Gasteiger partial charge in [-0.05, 0) is 51.7 Å². The molecule has 1 saturated heterocycles. The van der Waals surface area contributed by atoms with Gasteiger partial charge in [0.05, 0.1) is 0 Å². The minimum Gasteiger partial charge on any atom is -0.444 e. The van der Waals surface area contributed by atoms with Crippen LogP contribution in [0.1, 0.15) is 63.6 Å². The first-order valence-electron chi connectivity index (χ1n) is 9.83. The van der Waals surface area contributed by atoms with E-state index >= 15 is 0 Å². The van der Waals surface area contributed by atoms with Gasteiger partial charge in [-0.3, -0.25) is 9.59 Å². The monoisotopic (exact) mass is 387 g/mol. The molecule has 1 aromatic rings. The molecule has 0 aliphatic carbocycles. The first-order chi connectivity index (χ1) is 13.2. The molecule has 3 atom stereocenters. The van der Waals surface area contributed by atoms with Crippen molar-refractivity contribution >= 4 is 17.9 Å². The Hall–Kier alpha value is -2.57. The highest BCUT2D eigenvalue weighted by atomic mass is 16.6. The normalized spacial score (nSPS) is 22.6. The number of rotatable bonds is 3. The number of nitrogens with zero attached hydrogens (tertiary/aromatic N) is 1. The van der Waals surface area contributed by atoms with Crippen molar-refractivity contribution in [3.63, 3.8) is 0 Å². The number of carbonyl (C=O) groups is 3. The second kappa shape index (κ2) is 7.81. The molecule has 3 rings (SSSR count). The summed E-state index contributed by atoms with van der Waals surface area (Å²) >= 11 is 0. The first kappa shape index (κ1) is 20.2. The summed E-state index contributed by atoms with van der Waals surface area (Å²) in [5.74, 6) is -0.211. The number of benzene rings is 1. The summed E-state index contributed by atoms with van der Waals surface area (Å²) in [4.78, 5) is 39.6. The zero-order valence-corrected chi connectivity index (χ0v) is 17.0. The van der Waals surface area contributed by atoms with E-state index in [2.05, 4.69) is 10.6 Å². The summed E-state index contributed by atoms with van der Waals surface area (Å²) in [6.45, 7) is 8.24. The highest BCUT2D eigenvalue weighted by Crippen LogP contribution is 2.36. The number of nitrogens with one attached hydrogen (secondary N) is 2. The van der Waals surface area contributed by atoms with Crippen LogP contribution >= 0.6 is 0 Å². The molecule has 1 aromatic carbocycles. The van der Waals surface area contributed by atoms with Crippen molar-refractivity contribution in [2.24, 2.45) is 0 Å². The maximum Gasteiger partial charge on any atom is 0.408 e. The standard InChI is InChI=1S/C21H29N3O4/c1-13(22-20(27)28-21(2,3)4)18(25)23-17-16-10-6-5-9-15(16)14-8-7-11-24(12-14)19(17)26/h5-6,9-10,13-14,17H,7-8,11-12H2,1-4H3,(H,22,27)(H,23,25)/t13-,14?,17?/m0/s1. The Labute approximate surface area is 165 Å². The summed E-state index contributed by atoms with van der Waals surface area (Å²) in [5, 5.41) is 5.37. The third-order valence-corrected chi connectivity index (χ3v) is 5.14. The van der Waals surface area contributed by atoms with Crippen molar-refractivity contribution in [3.05, 3.63) is 35.4 Å². The molecular formula is C21H29N3O4. The average Bonchev–Trinajstić information content (AvgIpc) is 2.70. The molecule has 0 aromatic heterocycles. The molecule has 2 aliphatic heterocycles. The van der Waals surface area contributed by atoms with Gasteiger partial charge in [-0.15, -0.1) is 0 Å². The first-order valence-corrected chi connectivity index (χ1v) is 9.83. The van der Waals surface area contributed by atoms with E-state index in [0.29, 0.717) is 19.0 Å². The number of carbonyl (C=O) groups excluding carboxylic acids is 3. The van der Waals surface area contributed by atoms with E-state index in [-0.39, 0.29) is 5.91 Å². The summed E-state index contributed by atoms with van der Waals surface area (Å²) in [6, 6.07) is 6.25. The Morgan fingerprint density at radius 1 is 1.21 bits per heavy atom. The Morgan fingerprint density at radius 3 is 2.57 bits per heavy atom. The third kappa shape index (κ3) is 4.46. The second-order valence-electron chi connectivity index (χ2n) is 8.56. The van der Waals surface area contributed by atoms with Crippen molar-refractivity contribution in [2.75, 3.05) is 13.1 Å². The fourth-order valence-corrected chi connectivity index (χ4v) is 3.85. The summed E-state index contributed by atoms with van der Waals surface area (Å²) < 4.78 is 5.20. The molecule has 2 heterocycles.